The molecule has 1 aliphatic heterocycles. The molecule has 20 heavy (non-hydrogen) atoms. The second-order valence-corrected chi connectivity index (χ2v) is 5.00. The van der Waals surface area contributed by atoms with Crippen molar-refractivity contribution in [2.24, 2.45) is 0 Å². The summed E-state index contributed by atoms with van der Waals surface area (Å²) < 4.78 is 0. The van der Waals surface area contributed by atoms with E-state index in [1.165, 1.54) is 6.07 Å². The van der Waals surface area contributed by atoms with Gasteiger partial charge in [0.25, 0.3) is 5.91 Å². The Morgan fingerprint density at radius 2 is 2.05 bits per heavy atom. The molecule has 1 aliphatic rings. The minimum Gasteiger partial charge on any atom is -0.480 e. The van der Waals surface area contributed by atoms with Gasteiger partial charge in [0.1, 0.15) is 6.04 Å². The van der Waals surface area contributed by atoms with Gasteiger partial charge in [0.2, 0.25) is 0 Å². The number of nitrogens with one attached hydrogen (secondary N) is 1. The van der Waals surface area contributed by atoms with E-state index in [4.69, 9.17) is 5.73 Å². The molecule has 0 aliphatic carbocycles. The van der Waals surface area contributed by atoms with Crippen molar-refractivity contribution in [1.29, 1.82) is 0 Å². The number of aliphatic carboxylic acids is 1. The van der Waals surface area contributed by atoms with Gasteiger partial charge in [0.15, 0.2) is 0 Å². The summed E-state index contributed by atoms with van der Waals surface area (Å²) in [6, 6.07) is 5.59. The highest BCUT2D eigenvalue weighted by atomic mass is 16.4. The van der Waals surface area contributed by atoms with Crippen LogP contribution in [0.2, 0.25) is 0 Å². The zero-order chi connectivity index (χ0) is 14.5. The number of nitrogen functional groups attached to an aromatic ring is 1. The summed E-state index contributed by atoms with van der Waals surface area (Å²) in [5.74, 6) is -1.43. The standard InChI is InChI=1S/C14H19N3O3/c15-11-5-3-4-10(8-11)13(18)16-12(14(19)20)9-17-6-1-2-7-17/h3-5,8,12H,1-2,6-7,9,15H2,(H,16,18)(H,19,20). The predicted molar refractivity (Wildman–Crippen MR) is 75.4 cm³/mol. The second-order valence-electron chi connectivity index (χ2n) is 5.00. The van der Waals surface area contributed by atoms with E-state index < -0.39 is 17.9 Å². The van der Waals surface area contributed by atoms with E-state index in [0.717, 1.165) is 25.9 Å². The number of amides is 1. The molecule has 4 N–H and O–H groups in total. The van der Waals surface area contributed by atoms with Crippen LogP contribution in [0.1, 0.15) is 23.2 Å². The van der Waals surface area contributed by atoms with E-state index in [0.29, 0.717) is 17.8 Å². The van der Waals surface area contributed by atoms with Crippen molar-refractivity contribution >= 4 is 17.6 Å². The third-order valence-corrected chi connectivity index (χ3v) is 3.39. The van der Waals surface area contributed by atoms with E-state index in [1.807, 2.05) is 0 Å². The summed E-state index contributed by atoms with van der Waals surface area (Å²) in [7, 11) is 0. The van der Waals surface area contributed by atoms with Gasteiger partial charge < -0.3 is 21.1 Å². The molecule has 1 aromatic carbocycles. The first kappa shape index (κ1) is 14.3. The van der Waals surface area contributed by atoms with Gasteiger partial charge in [-0.3, -0.25) is 4.79 Å². The average Bonchev–Trinajstić information content (AvgIpc) is 2.90. The minimum absolute atomic E-state index is 0.337. The van der Waals surface area contributed by atoms with Crippen LogP contribution in [0.4, 0.5) is 5.69 Å². The smallest absolute Gasteiger partial charge is 0.327 e. The molecule has 0 radical (unpaired) electrons. The minimum atomic E-state index is -1.02. The number of carbonyl (C=O) groups is 2. The summed E-state index contributed by atoms with van der Waals surface area (Å²) >= 11 is 0. The fourth-order valence-corrected chi connectivity index (χ4v) is 2.33. The van der Waals surface area contributed by atoms with Gasteiger partial charge in [-0.2, -0.15) is 0 Å². The number of hydrogen-bond donors (Lipinski definition) is 3. The molecule has 6 nitrogen and oxygen atoms in total. The second kappa shape index (κ2) is 6.38. The highest BCUT2D eigenvalue weighted by Gasteiger charge is 2.25. The van der Waals surface area contributed by atoms with E-state index in [9.17, 15) is 14.7 Å². The Labute approximate surface area is 117 Å². The quantitative estimate of drug-likeness (QED) is 0.683. The Kier molecular flexibility index (Phi) is 4.57. The van der Waals surface area contributed by atoms with Crippen LogP contribution in [-0.4, -0.2) is 47.6 Å². The molecule has 1 atom stereocenters. The van der Waals surface area contributed by atoms with Gasteiger partial charge >= 0.3 is 5.97 Å². The van der Waals surface area contributed by atoms with E-state index >= 15 is 0 Å². The number of nitrogens with two attached hydrogens (primary N) is 1. The van der Waals surface area contributed by atoms with E-state index in [-0.39, 0.29) is 0 Å². The van der Waals surface area contributed by atoms with Crippen LogP contribution in [0.25, 0.3) is 0 Å². The maximum Gasteiger partial charge on any atom is 0.327 e. The highest BCUT2D eigenvalue weighted by Crippen LogP contribution is 2.09. The third kappa shape index (κ3) is 3.71. The van der Waals surface area contributed by atoms with Crippen molar-refractivity contribution in [2.45, 2.75) is 18.9 Å². The average molecular weight is 277 g/mol. The van der Waals surface area contributed by atoms with Crippen molar-refractivity contribution in [1.82, 2.24) is 10.2 Å². The number of carboxylic acids is 1. The molecule has 0 spiro atoms. The fraction of sp³-hybridized carbons (Fsp3) is 0.429. The van der Waals surface area contributed by atoms with Gasteiger partial charge in [-0.15, -0.1) is 0 Å². The third-order valence-electron chi connectivity index (χ3n) is 3.39. The first-order chi connectivity index (χ1) is 9.56. The Hall–Kier alpha value is -2.08. The van der Waals surface area contributed by atoms with Gasteiger partial charge in [-0.05, 0) is 44.1 Å². The number of likely N-dealkylation sites (tertiary alicyclic amines) is 1. The van der Waals surface area contributed by atoms with Crippen LogP contribution in [0.15, 0.2) is 24.3 Å². The van der Waals surface area contributed by atoms with Crippen molar-refractivity contribution in [3.63, 3.8) is 0 Å². The lowest BCUT2D eigenvalue weighted by Gasteiger charge is -2.21. The molecule has 1 saturated heterocycles. The lowest BCUT2D eigenvalue weighted by atomic mass is 10.1. The number of hydrogen-bond acceptors (Lipinski definition) is 4. The van der Waals surface area contributed by atoms with Crippen molar-refractivity contribution < 1.29 is 14.7 Å². The molecule has 1 fully saturated rings. The van der Waals surface area contributed by atoms with E-state index in [2.05, 4.69) is 10.2 Å². The number of carbonyl (C=O) groups excluding carboxylic acids is 1. The molecule has 0 saturated carbocycles. The summed E-state index contributed by atoms with van der Waals surface area (Å²) in [6.07, 6.45) is 2.16. The Morgan fingerprint density at radius 1 is 1.35 bits per heavy atom. The monoisotopic (exact) mass is 277 g/mol. The van der Waals surface area contributed by atoms with E-state index in [1.54, 1.807) is 18.2 Å². The summed E-state index contributed by atoms with van der Waals surface area (Å²) in [5.41, 5.74) is 6.46. The van der Waals surface area contributed by atoms with Crippen molar-refractivity contribution in [2.75, 3.05) is 25.4 Å². The number of benzene rings is 1. The zero-order valence-electron chi connectivity index (χ0n) is 11.2. The highest BCUT2D eigenvalue weighted by molar-refractivity contribution is 5.97. The molecule has 1 heterocycles. The van der Waals surface area contributed by atoms with Gasteiger partial charge in [-0.25, -0.2) is 4.79 Å². The first-order valence-electron chi connectivity index (χ1n) is 6.68. The van der Waals surface area contributed by atoms with Crippen LogP contribution in [0.5, 0.6) is 0 Å². The lowest BCUT2D eigenvalue weighted by Crippen LogP contribution is -2.47. The number of anilines is 1. The molecule has 0 bridgehead atoms. The maximum absolute atomic E-state index is 12.0. The SMILES string of the molecule is Nc1cccc(C(=O)NC(CN2CCCC2)C(=O)O)c1. The summed E-state index contributed by atoms with van der Waals surface area (Å²) in [6.45, 7) is 2.11. The topological polar surface area (TPSA) is 95.7 Å². The van der Waals surface area contributed by atoms with Gasteiger partial charge in [-0.1, -0.05) is 6.07 Å². The lowest BCUT2D eigenvalue weighted by molar-refractivity contribution is -0.139. The maximum atomic E-state index is 12.0. The number of rotatable bonds is 5. The number of nitrogens with zero attached hydrogens (tertiary/aromatic N) is 1. The molecular formula is C14H19N3O3. The summed E-state index contributed by atoms with van der Waals surface area (Å²) in [5, 5.41) is 11.8. The summed E-state index contributed by atoms with van der Waals surface area (Å²) in [4.78, 5) is 25.3. The number of carboxylic acid groups (broad SMARTS) is 1. The van der Waals surface area contributed by atoms with Gasteiger partial charge in [0.05, 0.1) is 0 Å². The Bertz CT molecular complexity index is 498. The van der Waals surface area contributed by atoms with Crippen LogP contribution in [0.3, 0.4) is 0 Å². The molecule has 1 aromatic rings. The normalized spacial score (nSPS) is 16.8. The molecular weight excluding hydrogens is 258 g/mol. The molecule has 1 amide bonds. The van der Waals surface area contributed by atoms with Crippen LogP contribution in [-0.2, 0) is 4.79 Å². The molecule has 0 aromatic heterocycles. The zero-order valence-corrected chi connectivity index (χ0v) is 11.2. The van der Waals surface area contributed by atoms with Crippen molar-refractivity contribution in [3.05, 3.63) is 29.8 Å². The first-order valence-corrected chi connectivity index (χ1v) is 6.68. The fourth-order valence-electron chi connectivity index (χ4n) is 2.33. The van der Waals surface area contributed by atoms with Crippen LogP contribution in [0, 0.1) is 0 Å². The van der Waals surface area contributed by atoms with Gasteiger partial charge in [0, 0.05) is 17.8 Å². The Morgan fingerprint density at radius 3 is 2.65 bits per heavy atom. The largest absolute Gasteiger partial charge is 0.480 e. The molecule has 6 heteroatoms. The molecule has 1 unspecified atom stereocenters. The van der Waals surface area contributed by atoms with Crippen LogP contribution >= 0.6 is 0 Å². The Balaban J connectivity index is 2.00. The molecule has 108 valence electrons. The van der Waals surface area contributed by atoms with Crippen molar-refractivity contribution in [3.8, 4) is 0 Å². The predicted octanol–water partition coefficient (Wildman–Crippen LogP) is 0.548. The van der Waals surface area contributed by atoms with Crippen LogP contribution < -0.4 is 11.1 Å². The molecule has 2 rings (SSSR count).